The molecule has 0 spiro atoms. The molecule has 1 heterocycles. The Balaban J connectivity index is 1.95. The van der Waals surface area contributed by atoms with Crippen molar-refractivity contribution in [3.63, 3.8) is 0 Å². The smallest absolute Gasteiger partial charge is 0.245 e. The minimum Gasteiger partial charge on any atom is -0.344 e. The van der Waals surface area contributed by atoms with E-state index in [-0.39, 0.29) is 23.9 Å². The minimum atomic E-state index is -0.371. The van der Waals surface area contributed by atoms with Crippen molar-refractivity contribution < 1.29 is 9.59 Å². The molecule has 0 saturated carbocycles. The quantitative estimate of drug-likeness (QED) is 0.849. The standard InChI is InChI=1S/C16H22N2O2S/c1-3-14-16(20)18(12(2)11-15(19)17-14)9-10-21-13-7-5-4-6-8-13/h4-8,12,14H,3,9-11H2,1-2H3,(H,17,19). The van der Waals surface area contributed by atoms with Crippen LogP contribution in [-0.4, -0.2) is 41.1 Å². The zero-order valence-electron chi connectivity index (χ0n) is 12.5. The van der Waals surface area contributed by atoms with E-state index in [0.717, 1.165) is 5.75 Å². The predicted octanol–water partition coefficient (Wildman–Crippen LogP) is 2.29. The molecule has 2 unspecified atom stereocenters. The third kappa shape index (κ3) is 4.24. The van der Waals surface area contributed by atoms with Gasteiger partial charge in [0.15, 0.2) is 0 Å². The fourth-order valence-corrected chi connectivity index (χ4v) is 3.37. The third-order valence-electron chi connectivity index (χ3n) is 3.68. The molecule has 114 valence electrons. The number of rotatable bonds is 5. The van der Waals surface area contributed by atoms with Crippen molar-refractivity contribution in [3.05, 3.63) is 30.3 Å². The number of carbonyl (C=O) groups is 2. The van der Waals surface area contributed by atoms with Gasteiger partial charge in [-0.15, -0.1) is 11.8 Å². The van der Waals surface area contributed by atoms with Gasteiger partial charge in [-0.1, -0.05) is 25.1 Å². The van der Waals surface area contributed by atoms with Crippen LogP contribution >= 0.6 is 11.8 Å². The molecule has 0 aliphatic carbocycles. The van der Waals surface area contributed by atoms with Gasteiger partial charge < -0.3 is 10.2 Å². The van der Waals surface area contributed by atoms with Gasteiger partial charge in [-0.2, -0.15) is 0 Å². The summed E-state index contributed by atoms with van der Waals surface area (Å²) in [4.78, 5) is 27.3. The minimum absolute atomic E-state index is 0.0269. The number of hydrogen-bond acceptors (Lipinski definition) is 3. The molecule has 2 rings (SSSR count). The Labute approximate surface area is 130 Å². The highest BCUT2D eigenvalue weighted by molar-refractivity contribution is 7.99. The summed E-state index contributed by atoms with van der Waals surface area (Å²) >= 11 is 1.74. The monoisotopic (exact) mass is 306 g/mol. The lowest BCUT2D eigenvalue weighted by Gasteiger charge is -2.28. The number of hydrogen-bond donors (Lipinski definition) is 1. The summed E-state index contributed by atoms with van der Waals surface area (Å²) in [7, 11) is 0. The highest BCUT2D eigenvalue weighted by atomic mass is 32.2. The number of benzene rings is 1. The van der Waals surface area contributed by atoms with E-state index in [1.165, 1.54) is 4.90 Å². The Morgan fingerprint density at radius 1 is 1.29 bits per heavy atom. The zero-order valence-corrected chi connectivity index (χ0v) is 13.4. The van der Waals surface area contributed by atoms with E-state index in [2.05, 4.69) is 17.4 Å². The van der Waals surface area contributed by atoms with Crippen LogP contribution in [0, 0.1) is 0 Å². The van der Waals surface area contributed by atoms with E-state index in [9.17, 15) is 9.59 Å². The van der Waals surface area contributed by atoms with Crippen molar-refractivity contribution in [2.24, 2.45) is 0 Å². The molecule has 21 heavy (non-hydrogen) atoms. The first-order valence-electron chi connectivity index (χ1n) is 7.39. The summed E-state index contributed by atoms with van der Waals surface area (Å²) in [5.74, 6) is 0.857. The zero-order chi connectivity index (χ0) is 15.2. The van der Waals surface area contributed by atoms with Crippen molar-refractivity contribution in [1.29, 1.82) is 0 Å². The van der Waals surface area contributed by atoms with E-state index < -0.39 is 0 Å². The van der Waals surface area contributed by atoms with Crippen LogP contribution in [-0.2, 0) is 9.59 Å². The average Bonchev–Trinajstić information content (AvgIpc) is 2.58. The van der Waals surface area contributed by atoms with E-state index in [1.54, 1.807) is 11.8 Å². The maximum Gasteiger partial charge on any atom is 0.245 e. The number of amides is 2. The summed E-state index contributed by atoms with van der Waals surface area (Å²) in [5.41, 5.74) is 0. The fraction of sp³-hybridized carbons (Fsp3) is 0.500. The molecule has 1 aromatic rings. The summed E-state index contributed by atoms with van der Waals surface area (Å²) in [5, 5.41) is 2.81. The fourth-order valence-electron chi connectivity index (χ4n) is 2.50. The lowest BCUT2D eigenvalue weighted by molar-refractivity contribution is -0.134. The van der Waals surface area contributed by atoms with Crippen LogP contribution in [0.25, 0.3) is 0 Å². The topological polar surface area (TPSA) is 49.4 Å². The number of thioether (sulfide) groups is 1. The van der Waals surface area contributed by atoms with Crippen molar-refractivity contribution >= 4 is 23.6 Å². The Morgan fingerprint density at radius 2 is 2.00 bits per heavy atom. The molecule has 2 atom stereocenters. The number of nitrogens with one attached hydrogen (secondary N) is 1. The first-order valence-corrected chi connectivity index (χ1v) is 8.38. The Bertz CT molecular complexity index is 492. The van der Waals surface area contributed by atoms with Gasteiger partial charge in [-0.25, -0.2) is 0 Å². The molecule has 1 N–H and O–H groups in total. The Kier molecular flexibility index (Phi) is 5.67. The van der Waals surface area contributed by atoms with Crippen LogP contribution < -0.4 is 5.32 Å². The summed E-state index contributed by atoms with van der Waals surface area (Å²) < 4.78 is 0. The SMILES string of the molecule is CCC1NC(=O)CC(C)N(CCSc2ccccc2)C1=O. The molecular weight excluding hydrogens is 284 g/mol. The van der Waals surface area contributed by atoms with Crippen LogP contribution in [0.4, 0.5) is 0 Å². The molecule has 2 amide bonds. The Hall–Kier alpha value is -1.49. The molecular formula is C16H22N2O2S. The average molecular weight is 306 g/mol. The van der Waals surface area contributed by atoms with Crippen LogP contribution in [0.1, 0.15) is 26.7 Å². The first-order chi connectivity index (χ1) is 10.1. The molecule has 1 aliphatic rings. The van der Waals surface area contributed by atoms with Gasteiger partial charge in [0.1, 0.15) is 6.04 Å². The summed E-state index contributed by atoms with van der Waals surface area (Å²) in [6, 6.07) is 9.74. The van der Waals surface area contributed by atoms with Crippen LogP contribution in [0.15, 0.2) is 35.2 Å². The van der Waals surface area contributed by atoms with Crippen molar-refractivity contribution in [3.8, 4) is 0 Å². The second-order valence-corrected chi connectivity index (χ2v) is 6.44. The van der Waals surface area contributed by atoms with Gasteiger partial charge in [0.05, 0.1) is 0 Å². The second-order valence-electron chi connectivity index (χ2n) is 5.27. The molecule has 1 aliphatic heterocycles. The molecule has 1 saturated heterocycles. The van der Waals surface area contributed by atoms with Crippen LogP contribution in [0.3, 0.4) is 0 Å². The molecule has 1 fully saturated rings. The molecule has 0 bridgehead atoms. The van der Waals surface area contributed by atoms with E-state index in [0.29, 0.717) is 19.4 Å². The maximum absolute atomic E-state index is 12.5. The summed E-state index contributed by atoms with van der Waals surface area (Å²) in [6.45, 7) is 4.55. The first kappa shape index (κ1) is 15.9. The van der Waals surface area contributed by atoms with Gasteiger partial charge in [-0.3, -0.25) is 9.59 Å². The van der Waals surface area contributed by atoms with Crippen molar-refractivity contribution in [2.45, 2.75) is 43.7 Å². The van der Waals surface area contributed by atoms with Gasteiger partial charge in [0.25, 0.3) is 0 Å². The maximum atomic E-state index is 12.5. The van der Waals surface area contributed by atoms with Crippen molar-refractivity contribution in [1.82, 2.24) is 10.2 Å². The normalized spacial score (nSPS) is 22.9. The van der Waals surface area contributed by atoms with Gasteiger partial charge in [0.2, 0.25) is 11.8 Å². The lowest BCUT2D eigenvalue weighted by Crippen LogP contribution is -2.46. The van der Waals surface area contributed by atoms with E-state index in [4.69, 9.17) is 0 Å². The van der Waals surface area contributed by atoms with Gasteiger partial charge in [-0.05, 0) is 25.5 Å². The Morgan fingerprint density at radius 3 is 2.67 bits per heavy atom. The van der Waals surface area contributed by atoms with Gasteiger partial charge in [0, 0.05) is 29.7 Å². The molecule has 5 heteroatoms. The predicted molar refractivity (Wildman–Crippen MR) is 85.2 cm³/mol. The molecule has 4 nitrogen and oxygen atoms in total. The van der Waals surface area contributed by atoms with Gasteiger partial charge >= 0.3 is 0 Å². The van der Waals surface area contributed by atoms with E-state index in [1.807, 2.05) is 36.9 Å². The number of carbonyl (C=O) groups excluding carboxylic acids is 2. The van der Waals surface area contributed by atoms with Crippen LogP contribution in [0.2, 0.25) is 0 Å². The highest BCUT2D eigenvalue weighted by Crippen LogP contribution is 2.19. The second kappa shape index (κ2) is 7.50. The van der Waals surface area contributed by atoms with Crippen molar-refractivity contribution in [2.75, 3.05) is 12.3 Å². The largest absolute Gasteiger partial charge is 0.344 e. The molecule has 0 aromatic heterocycles. The highest BCUT2D eigenvalue weighted by Gasteiger charge is 2.32. The summed E-state index contributed by atoms with van der Waals surface area (Å²) in [6.07, 6.45) is 1.03. The lowest BCUT2D eigenvalue weighted by atomic mass is 10.2. The van der Waals surface area contributed by atoms with E-state index >= 15 is 0 Å². The third-order valence-corrected chi connectivity index (χ3v) is 4.67. The number of nitrogens with zero attached hydrogens (tertiary/aromatic N) is 1. The van der Waals surface area contributed by atoms with Crippen LogP contribution in [0.5, 0.6) is 0 Å². The molecule has 0 radical (unpaired) electrons. The molecule has 1 aromatic carbocycles.